The van der Waals surface area contributed by atoms with Crippen LogP contribution in [0.25, 0.3) is 0 Å². The van der Waals surface area contributed by atoms with E-state index in [2.05, 4.69) is 3.07 Å². The van der Waals surface area contributed by atoms with Gasteiger partial charge in [-0.1, -0.05) is 0 Å². The van der Waals surface area contributed by atoms with E-state index in [0.717, 1.165) is 23.0 Å². The first kappa shape index (κ1) is 15.1. The molecule has 0 bridgehead atoms. The van der Waals surface area contributed by atoms with Crippen LogP contribution in [-0.2, 0) is 3.07 Å². The van der Waals surface area contributed by atoms with Crippen LogP contribution in [0, 0.1) is 0 Å². The van der Waals surface area contributed by atoms with Crippen molar-refractivity contribution in [2.45, 2.75) is 24.2 Å². The largest absolute Gasteiger partial charge is 0.380 e. The van der Waals surface area contributed by atoms with Crippen LogP contribution in [0.3, 0.4) is 0 Å². The summed E-state index contributed by atoms with van der Waals surface area (Å²) < 4.78 is 100. The van der Waals surface area contributed by atoms with Gasteiger partial charge in [-0.05, 0) is 0 Å². The van der Waals surface area contributed by atoms with Gasteiger partial charge in [0.15, 0.2) is 0 Å². The van der Waals surface area contributed by atoms with E-state index in [9.17, 15) is 35.1 Å². The number of rotatable bonds is 5. The molecule has 0 aliphatic carbocycles. The lowest BCUT2D eigenvalue weighted by Gasteiger charge is -2.31. The molecule has 0 heterocycles. The van der Waals surface area contributed by atoms with Crippen LogP contribution in [-0.4, -0.2) is 30.8 Å². The lowest BCUT2D eigenvalue weighted by Crippen LogP contribution is -2.58. The first-order chi connectivity index (χ1) is 6.50. The summed E-state index contributed by atoms with van der Waals surface area (Å²) in [5.74, 6) is -17.7. The van der Waals surface area contributed by atoms with Crippen LogP contribution in [0.4, 0.5) is 35.1 Å². The van der Waals surface area contributed by atoms with E-state index in [1.807, 2.05) is 0 Å². The Morgan fingerprint density at radius 2 is 1.40 bits per heavy atom. The summed E-state index contributed by atoms with van der Waals surface area (Å²) in [7, 11) is 0. The lowest BCUT2D eigenvalue weighted by molar-refractivity contribution is -0.341. The van der Waals surface area contributed by atoms with Crippen molar-refractivity contribution in [2.24, 2.45) is 0 Å². The fraction of sp³-hybridized carbons (Fsp3) is 1.00. The van der Waals surface area contributed by atoms with Gasteiger partial charge in [0.25, 0.3) is 0 Å². The summed E-state index contributed by atoms with van der Waals surface area (Å²) in [6.45, 7) is -2.09. The highest BCUT2D eigenvalue weighted by Gasteiger charge is 2.75. The van der Waals surface area contributed by atoms with Crippen molar-refractivity contribution in [1.82, 2.24) is 0 Å². The molecule has 0 aliphatic heterocycles. The molecule has 0 atom stereocenters. The maximum Gasteiger partial charge on any atom is 0.380 e. The Balaban J connectivity index is 5.11. The summed E-state index contributed by atoms with van der Waals surface area (Å²) in [6, 6.07) is 0. The fourth-order valence-electron chi connectivity index (χ4n) is 0.540. The molecule has 0 aromatic heterocycles. The third kappa shape index (κ3) is 2.63. The van der Waals surface area contributed by atoms with Gasteiger partial charge in [0, 0.05) is 0 Å². The van der Waals surface area contributed by atoms with Crippen molar-refractivity contribution in [3.05, 3.63) is 0 Å². The summed E-state index contributed by atoms with van der Waals surface area (Å²) in [4.78, 5) is 0. The maximum atomic E-state index is 12.4. The molecule has 1 nitrogen and oxygen atoms in total. The molecule has 15 heavy (non-hydrogen) atoms. The second-order valence-corrected chi connectivity index (χ2v) is 3.08. The molecule has 0 aromatic carbocycles. The van der Waals surface area contributed by atoms with Crippen LogP contribution >= 0.6 is 23.0 Å². The smallest absolute Gasteiger partial charge is 0.309 e. The lowest BCUT2D eigenvalue weighted by atomic mass is 10.1. The molecule has 0 aromatic rings. The van der Waals surface area contributed by atoms with Crippen molar-refractivity contribution in [3.63, 3.8) is 0 Å². The predicted molar refractivity (Wildman–Crippen MR) is 40.8 cm³/mol. The zero-order chi connectivity index (χ0) is 12.5. The highest BCUT2D eigenvalue weighted by molar-refractivity contribution is 14.1. The van der Waals surface area contributed by atoms with Crippen LogP contribution in [0.2, 0.25) is 0 Å². The van der Waals surface area contributed by atoms with Gasteiger partial charge in [-0.15, -0.1) is 0 Å². The summed E-state index contributed by atoms with van der Waals surface area (Å²) in [5, 5.41) is 0. The van der Waals surface area contributed by atoms with Crippen molar-refractivity contribution in [2.75, 3.05) is 6.61 Å². The van der Waals surface area contributed by atoms with Gasteiger partial charge in [-0.3, -0.25) is 0 Å². The quantitative estimate of drug-likeness (QED) is 0.540. The molecule has 0 N–H and O–H groups in total. The van der Waals surface area contributed by atoms with Crippen molar-refractivity contribution < 1.29 is 38.2 Å². The van der Waals surface area contributed by atoms with Crippen LogP contribution in [0.1, 0.15) is 0 Å². The molecule has 10 heteroatoms. The van der Waals surface area contributed by atoms with Gasteiger partial charge in [-0.2, -0.15) is 26.3 Å². The van der Waals surface area contributed by atoms with Crippen molar-refractivity contribution in [3.8, 4) is 0 Å². The minimum absolute atomic E-state index is 0.752. The molecule has 0 spiro atoms. The first-order valence-corrected chi connectivity index (χ1v) is 4.04. The van der Waals surface area contributed by atoms with E-state index >= 15 is 0 Å². The normalized spacial score (nSPS) is 14.8. The van der Waals surface area contributed by atoms with Gasteiger partial charge >= 0.3 is 24.2 Å². The monoisotopic (exact) mass is 358 g/mol. The molecule has 92 valence electrons. The molecule has 0 saturated carbocycles. The average Bonchev–Trinajstić information content (AvgIpc) is 2.02. The molecule has 0 saturated heterocycles. The Morgan fingerprint density at radius 1 is 1.00 bits per heavy atom. The fourth-order valence-corrected chi connectivity index (χ4v) is 0.931. The van der Waals surface area contributed by atoms with E-state index in [0.29, 0.717) is 0 Å². The van der Waals surface area contributed by atoms with Crippen LogP contribution in [0.5, 0.6) is 0 Å². The Morgan fingerprint density at radius 3 is 1.67 bits per heavy atom. The zero-order valence-corrected chi connectivity index (χ0v) is 8.75. The number of hydrogen-bond donors (Lipinski definition) is 0. The third-order valence-electron chi connectivity index (χ3n) is 1.39. The Labute approximate surface area is 92.5 Å². The minimum Gasteiger partial charge on any atom is -0.309 e. The first-order valence-electron chi connectivity index (χ1n) is 3.16. The molecule has 0 amide bonds. The van der Waals surface area contributed by atoms with E-state index in [1.165, 1.54) is 0 Å². The van der Waals surface area contributed by atoms with Crippen LogP contribution < -0.4 is 0 Å². The molecular weight excluding hydrogens is 355 g/mol. The summed E-state index contributed by atoms with van der Waals surface area (Å²) >= 11 is 0.752. The minimum atomic E-state index is -6.18. The van der Waals surface area contributed by atoms with E-state index < -0.39 is 30.8 Å². The standard InChI is InChI=1S/C5H3F8IO/c6-2(7)4(10,11)5(12,13)3(8,9)1-15-14/h2H,1H2. The molecule has 0 aliphatic rings. The topological polar surface area (TPSA) is 9.23 Å². The molecule has 0 rings (SSSR count). The Bertz CT molecular complexity index is 217. The molecule has 0 radical (unpaired) electrons. The van der Waals surface area contributed by atoms with Crippen molar-refractivity contribution >= 4 is 23.0 Å². The van der Waals surface area contributed by atoms with Gasteiger partial charge in [0.05, 0.1) is 0 Å². The average molecular weight is 358 g/mol. The van der Waals surface area contributed by atoms with Gasteiger partial charge < -0.3 is 3.07 Å². The second kappa shape index (κ2) is 4.55. The van der Waals surface area contributed by atoms with Crippen molar-refractivity contribution in [1.29, 1.82) is 0 Å². The maximum absolute atomic E-state index is 12.4. The van der Waals surface area contributed by atoms with Gasteiger partial charge in [0.2, 0.25) is 0 Å². The molecular formula is C5H3F8IO. The number of halogens is 9. The molecule has 0 fully saturated rings. The Hall–Kier alpha value is 0.130. The number of alkyl halides is 8. The summed E-state index contributed by atoms with van der Waals surface area (Å²) in [6.07, 6.45) is -4.90. The highest BCUT2D eigenvalue weighted by Crippen LogP contribution is 2.48. The zero-order valence-electron chi connectivity index (χ0n) is 6.59. The second-order valence-electron chi connectivity index (χ2n) is 2.46. The molecule has 0 unspecified atom stereocenters. The van der Waals surface area contributed by atoms with Gasteiger partial charge in [0.1, 0.15) is 29.6 Å². The number of hydrogen-bond acceptors (Lipinski definition) is 1. The third-order valence-corrected chi connectivity index (χ3v) is 1.70. The van der Waals surface area contributed by atoms with E-state index in [1.54, 1.807) is 0 Å². The SMILES string of the molecule is FC(F)C(F)(F)C(F)(F)C(F)(F)COI. The van der Waals surface area contributed by atoms with E-state index in [4.69, 9.17) is 0 Å². The summed E-state index contributed by atoms with van der Waals surface area (Å²) in [5.41, 5.74) is 0. The predicted octanol–water partition coefficient (Wildman–Crippen LogP) is 3.52. The highest BCUT2D eigenvalue weighted by atomic mass is 127. The van der Waals surface area contributed by atoms with E-state index in [-0.39, 0.29) is 0 Å². The van der Waals surface area contributed by atoms with Gasteiger partial charge in [-0.25, -0.2) is 8.78 Å². The van der Waals surface area contributed by atoms with Crippen LogP contribution in [0.15, 0.2) is 0 Å². The Kier molecular flexibility index (Phi) is 4.59.